The highest BCUT2D eigenvalue weighted by Crippen LogP contribution is 2.25. The topological polar surface area (TPSA) is 66.5 Å². The summed E-state index contributed by atoms with van der Waals surface area (Å²) in [7, 11) is -2.00. The molecule has 2 aromatic carbocycles. The van der Waals surface area contributed by atoms with Crippen LogP contribution in [0.2, 0.25) is 5.02 Å². The van der Waals surface area contributed by atoms with E-state index in [2.05, 4.69) is 19.2 Å². The summed E-state index contributed by atoms with van der Waals surface area (Å²) < 4.78 is 24.4. The summed E-state index contributed by atoms with van der Waals surface area (Å²) in [5.41, 5.74) is 2.40. The zero-order chi connectivity index (χ0) is 18.8. The number of anilines is 2. The SMILES string of the molecule is CC(C)c1ccc(NC(=O)c2cc(N(C)S(C)(=O)=O)ccc2Cl)cc1. The molecular formula is C18H21ClN2O3S. The third-order valence-corrected chi connectivity index (χ3v) is 5.43. The number of rotatable bonds is 5. The zero-order valence-corrected chi connectivity index (χ0v) is 16.1. The highest BCUT2D eigenvalue weighted by Gasteiger charge is 2.17. The number of sulfonamides is 1. The van der Waals surface area contributed by atoms with Crippen molar-refractivity contribution in [3.8, 4) is 0 Å². The number of amides is 1. The first-order chi connectivity index (χ1) is 11.6. The number of benzene rings is 2. The summed E-state index contributed by atoms with van der Waals surface area (Å²) in [4.78, 5) is 12.5. The molecule has 0 aromatic heterocycles. The van der Waals surface area contributed by atoms with Crippen molar-refractivity contribution >= 4 is 38.9 Å². The van der Waals surface area contributed by atoms with Crippen LogP contribution < -0.4 is 9.62 Å². The van der Waals surface area contributed by atoms with Crippen LogP contribution in [0.5, 0.6) is 0 Å². The Morgan fingerprint density at radius 2 is 1.72 bits per heavy atom. The minimum absolute atomic E-state index is 0.211. The van der Waals surface area contributed by atoms with Gasteiger partial charge >= 0.3 is 0 Å². The first-order valence-electron chi connectivity index (χ1n) is 7.74. The molecule has 0 radical (unpaired) electrons. The second kappa shape index (κ2) is 7.45. The van der Waals surface area contributed by atoms with E-state index in [1.165, 1.54) is 24.7 Å². The van der Waals surface area contributed by atoms with Crippen molar-refractivity contribution in [3.63, 3.8) is 0 Å². The van der Waals surface area contributed by atoms with E-state index < -0.39 is 15.9 Å². The molecule has 0 saturated heterocycles. The van der Waals surface area contributed by atoms with Crippen LogP contribution in [0.15, 0.2) is 42.5 Å². The number of carbonyl (C=O) groups is 1. The van der Waals surface area contributed by atoms with Gasteiger partial charge in [-0.1, -0.05) is 37.6 Å². The Morgan fingerprint density at radius 1 is 1.12 bits per heavy atom. The van der Waals surface area contributed by atoms with E-state index in [-0.39, 0.29) is 10.6 Å². The fraction of sp³-hybridized carbons (Fsp3) is 0.278. The molecular weight excluding hydrogens is 360 g/mol. The van der Waals surface area contributed by atoms with E-state index in [1.807, 2.05) is 24.3 Å². The van der Waals surface area contributed by atoms with Gasteiger partial charge in [-0.3, -0.25) is 9.10 Å². The monoisotopic (exact) mass is 380 g/mol. The quantitative estimate of drug-likeness (QED) is 0.848. The second-order valence-corrected chi connectivity index (χ2v) is 8.55. The van der Waals surface area contributed by atoms with Crippen molar-refractivity contribution in [1.82, 2.24) is 0 Å². The lowest BCUT2D eigenvalue weighted by atomic mass is 10.0. The molecule has 0 heterocycles. The molecule has 1 amide bonds. The van der Waals surface area contributed by atoms with Crippen LogP contribution in [0, 0.1) is 0 Å². The lowest BCUT2D eigenvalue weighted by Gasteiger charge is -2.18. The Hall–Kier alpha value is -2.05. The highest BCUT2D eigenvalue weighted by molar-refractivity contribution is 7.92. The summed E-state index contributed by atoms with van der Waals surface area (Å²) in [5.74, 6) is 0.00783. The van der Waals surface area contributed by atoms with Crippen LogP contribution in [-0.2, 0) is 10.0 Å². The van der Waals surface area contributed by atoms with Crippen LogP contribution in [0.1, 0.15) is 35.7 Å². The molecule has 0 saturated carbocycles. The average Bonchev–Trinajstić information content (AvgIpc) is 2.54. The molecule has 2 aromatic rings. The Balaban J connectivity index is 2.26. The van der Waals surface area contributed by atoms with Gasteiger partial charge in [-0.2, -0.15) is 0 Å². The van der Waals surface area contributed by atoms with E-state index >= 15 is 0 Å². The molecule has 0 unspecified atom stereocenters. The summed E-state index contributed by atoms with van der Waals surface area (Å²) in [6.45, 7) is 4.19. The summed E-state index contributed by atoms with van der Waals surface area (Å²) in [6, 6.07) is 12.1. The smallest absolute Gasteiger partial charge is 0.257 e. The standard InChI is InChI=1S/C18H21ClN2O3S/c1-12(2)13-5-7-14(8-6-13)20-18(22)16-11-15(9-10-17(16)19)21(3)25(4,23)24/h5-12H,1-4H3,(H,20,22). The number of hydrogen-bond acceptors (Lipinski definition) is 3. The Labute approximate surface area is 153 Å². The normalized spacial score (nSPS) is 11.4. The third-order valence-electron chi connectivity index (χ3n) is 3.89. The molecule has 25 heavy (non-hydrogen) atoms. The van der Waals surface area contributed by atoms with Crippen LogP contribution in [0.3, 0.4) is 0 Å². The molecule has 0 aliphatic rings. The molecule has 7 heteroatoms. The highest BCUT2D eigenvalue weighted by atomic mass is 35.5. The van der Waals surface area contributed by atoms with Gasteiger partial charge in [-0.05, 0) is 41.8 Å². The van der Waals surface area contributed by atoms with E-state index in [0.29, 0.717) is 17.3 Å². The summed E-state index contributed by atoms with van der Waals surface area (Å²) >= 11 is 6.11. The van der Waals surface area contributed by atoms with Gasteiger partial charge in [0.2, 0.25) is 10.0 Å². The van der Waals surface area contributed by atoms with Gasteiger partial charge < -0.3 is 5.32 Å². The fourth-order valence-electron chi connectivity index (χ4n) is 2.22. The molecule has 0 bridgehead atoms. The molecule has 1 N–H and O–H groups in total. The van der Waals surface area contributed by atoms with Crippen molar-refractivity contribution < 1.29 is 13.2 Å². The molecule has 0 spiro atoms. The molecule has 0 aliphatic carbocycles. The van der Waals surface area contributed by atoms with Gasteiger partial charge in [0.15, 0.2) is 0 Å². The van der Waals surface area contributed by atoms with Crippen molar-refractivity contribution in [3.05, 3.63) is 58.6 Å². The van der Waals surface area contributed by atoms with Gasteiger partial charge in [0.1, 0.15) is 0 Å². The van der Waals surface area contributed by atoms with Gasteiger partial charge in [-0.15, -0.1) is 0 Å². The molecule has 0 atom stereocenters. The Bertz CT molecular complexity index is 878. The maximum Gasteiger partial charge on any atom is 0.257 e. The molecule has 0 fully saturated rings. The lowest BCUT2D eigenvalue weighted by molar-refractivity contribution is 0.102. The van der Waals surface area contributed by atoms with E-state index in [4.69, 9.17) is 11.6 Å². The molecule has 0 aliphatic heterocycles. The molecule has 2 rings (SSSR count). The Morgan fingerprint density at radius 3 is 2.24 bits per heavy atom. The maximum absolute atomic E-state index is 12.5. The van der Waals surface area contributed by atoms with Gasteiger partial charge in [0, 0.05) is 12.7 Å². The largest absolute Gasteiger partial charge is 0.322 e. The van der Waals surface area contributed by atoms with Crippen LogP contribution in [-0.4, -0.2) is 27.6 Å². The van der Waals surface area contributed by atoms with Crippen molar-refractivity contribution in [1.29, 1.82) is 0 Å². The van der Waals surface area contributed by atoms with E-state index in [9.17, 15) is 13.2 Å². The van der Waals surface area contributed by atoms with Crippen LogP contribution >= 0.6 is 11.6 Å². The van der Waals surface area contributed by atoms with Gasteiger partial charge in [0.25, 0.3) is 5.91 Å². The minimum Gasteiger partial charge on any atom is -0.322 e. The number of hydrogen-bond donors (Lipinski definition) is 1. The molecule has 5 nitrogen and oxygen atoms in total. The lowest BCUT2D eigenvalue weighted by Crippen LogP contribution is -2.25. The number of nitrogens with one attached hydrogen (secondary N) is 1. The second-order valence-electron chi connectivity index (χ2n) is 6.13. The number of halogens is 1. The first kappa shape index (κ1) is 19.3. The number of nitrogens with zero attached hydrogens (tertiary/aromatic N) is 1. The Kier molecular flexibility index (Phi) is 5.75. The molecule has 134 valence electrons. The van der Waals surface area contributed by atoms with Crippen molar-refractivity contribution in [2.24, 2.45) is 0 Å². The fourth-order valence-corrected chi connectivity index (χ4v) is 2.92. The van der Waals surface area contributed by atoms with Crippen LogP contribution in [0.25, 0.3) is 0 Å². The predicted octanol–water partition coefficient (Wildman–Crippen LogP) is 4.11. The van der Waals surface area contributed by atoms with Crippen LogP contribution in [0.4, 0.5) is 11.4 Å². The average molecular weight is 381 g/mol. The first-order valence-corrected chi connectivity index (χ1v) is 9.97. The van der Waals surface area contributed by atoms with Gasteiger partial charge in [-0.25, -0.2) is 8.42 Å². The minimum atomic E-state index is -3.42. The van der Waals surface area contributed by atoms with E-state index in [1.54, 1.807) is 6.07 Å². The predicted molar refractivity (Wildman–Crippen MR) is 103 cm³/mol. The maximum atomic E-state index is 12.5. The van der Waals surface area contributed by atoms with Gasteiger partial charge in [0.05, 0.1) is 22.5 Å². The third kappa shape index (κ3) is 4.74. The number of carbonyl (C=O) groups excluding carboxylic acids is 1. The van der Waals surface area contributed by atoms with Crippen molar-refractivity contribution in [2.45, 2.75) is 19.8 Å². The van der Waals surface area contributed by atoms with Crippen molar-refractivity contribution in [2.75, 3.05) is 22.9 Å². The zero-order valence-electron chi connectivity index (χ0n) is 14.6. The summed E-state index contributed by atoms with van der Waals surface area (Å²) in [6.07, 6.45) is 1.09. The van der Waals surface area contributed by atoms with E-state index in [0.717, 1.165) is 10.6 Å². The summed E-state index contributed by atoms with van der Waals surface area (Å²) in [5, 5.41) is 3.03.